The van der Waals surface area contributed by atoms with E-state index in [4.69, 9.17) is 16.0 Å². The van der Waals surface area contributed by atoms with Crippen LogP contribution in [-0.4, -0.2) is 25.2 Å². The maximum absolute atomic E-state index is 5.58. The Kier molecular flexibility index (Phi) is 2.45. The Bertz CT molecular complexity index is 423. The number of alkyl halides is 1. The molecule has 6 nitrogen and oxygen atoms in total. The van der Waals surface area contributed by atoms with Crippen molar-refractivity contribution in [3.63, 3.8) is 0 Å². The van der Waals surface area contributed by atoms with Gasteiger partial charge in [-0.25, -0.2) is 4.68 Å². The van der Waals surface area contributed by atoms with Gasteiger partial charge in [-0.2, -0.15) is 0 Å². The minimum Gasteiger partial charge on any atom is -0.424 e. The molecule has 0 atom stereocenters. The summed E-state index contributed by atoms with van der Waals surface area (Å²) in [6.07, 6.45) is 1.74. The van der Waals surface area contributed by atoms with Crippen LogP contribution in [0, 0.1) is 6.92 Å². The molecular formula is C7H8ClN5O. The van der Waals surface area contributed by atoms with Gasteiger partial charge in [0.1, 0.15) is 6.54 Å². The van der Waals surface area contributed by atoms with Gasteiger partial charge in [0.15, 0.2) is 0 Å². The molecule has 0 aliphatic carbocycles. The molecule has 0 saturated heterocycles. The third kappa shape index (κ3) is 1.90. The van der Waals surface area contributed by atoms with E-state index in [0.29, 0.717) is 24.2 Å². The summed E-state index contributed by atoms with van der Waals surface area (Å²) in [7, 11) is 0. The highest BCUT2D eigenvalue weighted by Crippen LogP contribution is 2.02. The Morgan fingerprint density at radius 3 is 2.86 bits per heavy atom. The number of aromatic nitrogens is 5. The van der Waals surface area contributed by atoms with Crippen molar-refractivity contribution in [3.05, 3.63) is 23.7 Å². The Morgan fingerprint density at radius 2 is 2.29 bits per heavy atom. The summed E-state index contributed by atoms with van der Waals surface area (Å²) in [6, 6.07) is 0. The van der Waals surface area contributed by atoms with E-state index < -0.39 is 0 Å². The Balaban J connectivity index is 2.10. The van der Waals surface area contributed by atoms with E-state index in [9.17, 15) is 0 Å². The Morgan fingerprint density at radius 1 is 1.43 bits per heavy atom. The zero-order valence-corrected chi connectivity index (χ0v) is 8.27. The summed E-state index contributed by atoms with van der Waals surface area (Å²) in [5.74, 6) is 1.40. The van der Waals surface area contributed by atoms with Crippen molar-refractivity contribution in [2.75, 3.05) is 0 Å². The highest BCUT2D eigenvalue weighted by molar-refractivity contribution is 6.16. The van der Waals surface area contributed by atoms with Gasteiger partial charge in [-0.15, -0.1) is 26.9 Å². The molecule has 0 unspecified atom stereocenters. The van der Waals surface area contributed by atoms with Crippen LogP contribution in [-0.2, 0) is 12.4 Å². The molecule has 2 rings (SSSR count). The summed E-state index contributed by atoms with van der Waals surface area (Å²) >= 11 is 5.58. The van der Waals surface area contributed by atoms with Gasteiger partial charge in [-0.3, -0.25) is 0 Å². The molecule has 0 spiro atoms. The molecular weight excluding hydrogens is 206 g/mol. The fourth-order valence-electron chi connectivity index (χ4n) is 1.02. The molecule has 14 heavy (non-hydrogen) atoms. The Labute approximate surface area is 84.9 Å². The minimum atomic E-state index is 0.350. The number of nitrogens with zero attached hydrogens (tertiary/aromatic N) is 5. The third-order valence-electron chi connectivity index (χ3n) is 1.59. The lowest BCUT2D eigenvalue weighted by Crippen LogP contribution is -2.00. The topological polar surface area (TPSA) is 69.6 Å². The maximum atomic E-state index is 5.58. The second-order valence-electron chi connectivity index (χ2n) is 2.76. The summed E-state index contributed by atoms with van der Waals surface area (Å²) in [4.78, 5) is 0. The number of halogens is 1. The lowest BCUT2D eigenvalue weighted by Gasteiger charge is -1.92. The van der Waals surface area contributed by atoms with Crippen LogP contribution in [0.25, 0.3) is 0 Å². The summed E-state index contributed by atoms with van der Waals surface area (Å²) < 4.78 is 6.79. The highest BCUT2D eigenvalue weighted by atomic mass is 35.5. The molecule has 7 heteroatoms. The van der Waals surface area contributed by atoms with Crippen LogP contribution >= 0.6 is 11.6 Å². The molecule has 2 aromatic rings. The first kappa shape index (κ1) is 9.14. The van der Waals surface area contributed by atoms with E-state index in [-0.39, 0.29) is 0 Å². The molecule has 0 aliphatic heterocycles. The molecule has 2 heterocycles. The van der Waals surface area contributed by atoms with E-state index >= 15 is 0 Å². The van der Waals surface area contributed by atoms with E-state index in [1.54, 1.807) is 17.8 Å². The van der Waals surface area contributed by atoms with Crippen molar-refractivity contribution >= 4 is 11.6 Å². The van der Waals surface area contributed by atoms with Crippen LogP contribution in [0.15, 0.2) is 10.6 Å². The third-order valence-corrected chi connectivity index (χ3v) is 1.86. The van der Waals surface area contributed by atoms with Gasteiger partial charge in [-0.1, -0.05) is 5.21 Å². The summed E-state index contributed by atoms with van der Waals surface area (Å²) in [5, 5.41) is 15.2. The maximum Gasteiger partial charge on any atom is 0.237 e. The molecule has 0 N–H and O–H groups in total. The fourth-order valence-corrected chi connectivity index (χ4v) is 1.14. The van der Waals surface area contributed by atoms with Gasteiger partial charge in [0.2, 0.25) is 11.8 Å². The lowest BCUT2D eigenvalue weighted by atomic mass is 10.5. The zero-order chi connectivity index (χ0) is 9.97. The van der Waals surface area contributed by atoms with Crippen LogP contribution < -0.4 is 0 Å². The first-order valence-electron chi connectivity index (χ1n) is 4.02. The predicted molar refractivity (Wildman–Crippen MR) is 47.7 cm³/mol. The van der Waals surface area contributed by atoms with Crippen LogP contribution in [0.4, 0.5) is 0 Å². The van der Waals surface area contributed by atoms with Crippen molar-refractivity contribution in [1.82, 2.24) is 25.2 Å². The average Bonchev–Trinajstić information content (AvgIpc) is 2.76. The first-order chi connectivity index (χ1) is 6.78. The van der Waals surface area contributed by atoms with Gasteiger partial charge in [0, 0.05) is 6.92 Å². The molecule has 2 aromatic heterocycles. The lowest BCUT2D eigenvalue weighted by molar-refractivity contribution is 0.441. The fraction of sp³-hybridized carbons (Fsp3) is 0.429. The van der Waals surface area contributed by atoms with Crippen LogP contribution in [0.1, 0.15) is 17.5 Å². The minimum absolute atomic E-state index is 0.350. The van der Waals surface area contributed by atoms with E-state index in [1.807, 2.05) is 0 Å². The monoisotopic (exact) mass is 213 g/mol. The van der Waals surface area contributed by atoms with Crippen LogP contribution in [0.3, 0.4) is 0 Å². The van der Waals surface area contributed by atoms with Crippen molar-refractivity contribution in [2.24, 2.45) is 0 Å². The molecule has 0 radical (unpaired) electrons. The molecule has 0 amide bonds. The quantitative estimate of drug-likeness (QED) is 0.704. The van der Waals surface area contributed by atoms with Gasteiger partial charge in [-0.05, 0) is 0 Å². The van der Waals surface area contributed by atoms with Gasteiger partial charge < -0.3 is 4.42 Å². The molecule has 0 saturated carbocycles. The highest BCUT2D eigenvalue weighted by Gasteiger charge is 2.05. The number of rotatable bonds is 3. The Hall–Kier alpha value is -1.43. The van der Waals surface area contributed by atoms with Crippen molar-refractivity contribution in [3.8, 4) is 0 Å². The second kappa shape index (κ2) is 3.75. The SMILES string of the molecule is Cc1nnc(Cn2cc(CCl)nn2)o1. The average molecular weight is 214 g/mol. The van der Waals surface area contributed by atoms with Crippen molar-refractivity contribution in [1.29, 1.82) is 0 Å². The number of aryl methyl sites for hydroxylation is 1. The number of hydrogen-bond acceptors (Lipinski definition) is 5. The predicted octanol–water partition coefficient (Wildman–Crippen LogP) is 0.757. The second-order valence-corrected chi connectivity index (χ2v) is 3.02. The molecule has 0 fully saturated rings. The number of hydrogen-bond donors (Lipinski definition) is 0. The molecule has 0 bridgehead atoms. The van der Waals surface area contributed by atoms with Crippen molar-refractivity contribution in [2.45, 2.75) is 19.3 Å². The smallest absolute Gasteiger partial charge is 0.237 e. The summed E-state index contributed by atoms with van der Waals surface area (Å²) in [6.45, 7) is 2.16. The van der Waals surface area contributed by atoms with Crippen LogP contribution in [0.2, 0.25) is 0 Å². The van der Waals surface area contributed by atoms with E-state index in [0.717, 1.165) is 5.69 Å². The normalized spacial score (nSPS) is 10.7. The van der Waals surface area contributed by atoms with Gasteiger partial charge in [0.05, 0.1) is 17.8 Å². The largest absolute Gasteiger partial charge is 0.424 e. The first-order valence-corrected chi connectivity index (χ1v) is 4.55. The van der Waals surface area contributed by atoms with Crippen LogP contribution in [0.5, 0.6) is 0 Å². The standard InChI is InChI=1S/C7H8ClN5O/c1-5-9-11-7(14-5)4-13-3-6(2-8)10-12-13/h3H,2,4H2,1H3. The van der Waals surface area contributed by atoms with Gasteiger partial charge in [0.25, 0.3) is 0 Å². The molecule has 74 valence electrons. The zero-order valence-electron chi connectivity index (χ0n) is 7.51. The van der Waals surface area contributed by atoms with E-state index in [1.165, 1.54) is 0 Å². The summed E-state index contributed by atoms with van der Waals surface area (Å²) in [5.41, 5.74) is 0.725. The van der Waals surface area contributed by atoms with E-state index in [2.05, 4.69) is 20.5 Å². The molecule has 0 aromatic carbocycles. The van der Waals surface area contributed by atoms with Gasteiger partial charge >= 0.3 is 0 Å². The van der Waals surface area contributed by atoms with Crippen molar-refractivity contribution < 1.29 is 4.42 Å². The molecule has 0 aliphatic rings.